The summed E-state index contributed by atoms with van der Waals surface area (Å²) in [5, 5.41) is 12.8. The second-order valence-electron chi connectivity index (χ2n) is 5.51. The average Bonchev–Trinajstić information content (AvgIpc) is 2.94. The number of benzene rings is 1. The lowest BCUT2D eigenvalue weighted by molar-refractivity contribution is -0.123. The molecule has 0 aliphatic carbocycles. The largest absolute Gasteiger partial charge is 0.451 e. The van der Waals surface area contributed by atoms with Crippen molar-refractivity contribution in [3.63, 3.8) is 0 Å². The molecule has 0 spiro atoms. The lowest BCUT2D eigenvalue weighted by Gasteiger charge is -2.09. The molecule has 0 saturated heterocycles. The number of nitrogens with zero attached hydrogens (tertiary/aromatic N) is 3. The second-order valence-corrected chi connectivity index (χ2v) is 5.51. The second kappa shape index (κ2) is 8.04. The third-order valence-corrected chi connectivity index (χ3v) is 2.97. The molecule has 132 valence electrons. The Labute approximate surface area is 144 Å². The number of imide groups is 1. The summed E-state index contributed by atoms with van der Waals surface area (Å²) in [6.45, 7) is 4.52. The fraction of sp³-hybridized carbons (Fsp3) is 0.312. The van der Waals surface area contributed by atoms with Crippen LogP contribution in [0.2, 0.25) is 0 Å². The van der Waals surface area contributed by atoms with Gasteiger partial charge in [0, 0.05) is 6.04 Å². The van der Waals surface area contributed by atoms with E-state index >= 15 is 0 Å². The minimum absolute atomic E-state index is 0.00304. The molecular formula is C16H19N5O4. The van der Waals surface area contributed by atoms with E-state index in [4.69, 9.17) is 4.74 Å². The van der Waals surface area contributed by atoms with E-state index in [0.717, 1.165) is 0 Å². The topological polar surface area (TPSA) is 115 Å². The zero-order valence-electron chi connectivity index (χ0n) is 14.1. The summed E-state index contributed by atoms with van der Waals surface area (Å²) >= 11 is 0. The number of hydrogen-bond acceptors (Lipinski definition) is 6. The summed E-state index contributed by atoms with van der Waals surface area (Å²) in [6, 6.07) is 8.29. The van der Waals surface area contributed by atoms with Gasteiger partial charge in [-0.25, -0.2) is 9.59 Å². The SMILES string of the molecule is Cc1nn(-c2ccccc2)nc1C(=O)OCC(=O)NC(=O)NC(C)C. The number of aromatic nitrogens is 3. The number of esters is 1. The van der Waals surface area contributed by atoms with E-state index in [9.17, 15) is 14.4 Å². The summed E-state index contributed by atoms with van der Waals surface area (Å²) in [6.07, 6.45) is 0. The quantitative estimate of drug-likeness (QED) is 0.780. The number of rotatable bonds is 5. The molecule has 3 amide bonds. The molecule has 0 saturated carbocycles. The van der Waals surface area contributed by atoms with Crippen LogP contribution < -0.4 is 10.6 Å². The Morgan fingerprint density at radius 3 is 2.48 bits per heavy atom. The van der Waals surface area contributed by atoms with Crippen LogP contribution in [-0.2, 0) is 9.53 Å². The average molecular weight is 345 g/mol. The van der Waals surface area contributed by atoms with Crippen LogP contribution in [0.1, 0.15) is 30.0 Å². The molecule has 2 rings (SSSR count). The Balaban J connectivity index is 1.94. The Morgan fingerprint density at radius 1 is 1.16 bits per heavy atom. The van der Waals surface area contributed by atoms with Gasteiger partial charge in [-0.15, -0.1) is 5.10 Å². The van der Waals surface area contributed by atoms with Gasteiger partial charge in [0.1, 0.15) is 0 Å². The van der Waals surface area contributed by atoms with E-state index in [1.807, 2.05) is 18.2 Å². The van der Waals surface area contributed by atoms with E-state index in [-0.39, 0.29) is 11.7 Å². The van der Waals surface area contributed by atoms with Crippen molar-refractivity contribution < 1.29 is 19.1 Å². The first-order chi connectivity index (χ1) is 11.9. The van der Waals surface area contributed by atoms with Crippen LogP contribution in [-0.4, -0.2) is 45.6 Å². The van der Waals surface area contributed by atoms with Gasteiger partial charge in [-0.05, 0) is 32.9 Å². The van der Waals surface area contributed by atoms with Crippen LogP contribution in [0.15, 0.2) is 30.3 Å². The number of amides is 3. The number of nitrogens with one attached hydrogen (secondary N) is 2. The minimum atomic E-state index is -0.793. The number of aryl methyl sites for hydroxylation is 1. The maximum absolute atomic E-state index is 12.1. The Hall–Kier alpha value is -3.23. The Kier molecular flexibility index (Phi) is 5.83. The van der Waals surface area contributed by atoms with Gasteiger partial charge in [0.2, 0.25) is 0 Å². The van der Waals surface area contributed by atoms with E-state index in [1.165, 1.54) is 4.80 Å². The zero-order valence-corrected chi connectivity index (χ0v) is 14.1. The fourth-order valence-electron chi connectivity index (χ4n) is 1.90. The smallest absolute Gasteiger partial charge is 0.361 e. The summed E-state index contributed by atoms with van der Waals surface area (Å²) in [4.78, 5) is 36.3. The number of para-hydroxylation sites is 1. The predicted molar refractivity (Wildman–Crippen MR) is 88.2 cm³/mol. The van der Waals surface area contributed by atoms with E-state index in [1.54, 1.807) is 32.9 Å². The van der Waals surface area contributed by atoms with Gasteiger partial charge in [-0.3, -0.25) is 10.1 Å². The van der Waals surface area contributed by atoms with Crippen LogP contribution in [0.5, 0.6) is 0 Å². The number of hydrogen-bond donors (Lipinski definition) is 2. The Bertz CT molecular complexity index is 770. The van der Waals surface area contributed by atoms with Gasteiger partial charge >= 0.3 is 12.0 Å². The monoisotopic (exact) mass is 345 g/mol. The molecule has 0 radical (unpaired) electrons. The molecule has 1 aromatic heterocycles. The van der Waals surface area contributed by atoms with Gasteiger partial charge in [-0.1, -0.05) is 18.2 Å². The lowest BCUT2D eigenvalue weighted by atomic mass is 10.3. The van der Waals surface area contributed by atoms with Crippen LogP contribution in [0.25, 0.3) is 5.69 Å². The van der Waals surface area contributed by atoms with E-state index in [2.05, 4.69) is 20.8 Å². The van der Waals surface area contributed by atoms with Crippen LogP contribution in [0, 0.1) is 6.92 Å². The molecule has 0 aliphatic rings. The summed E-state index contributed by atoms with van der Waals surface area (Å²) in [5.74, 6) is -1.53. The van der Waals surface area contributed by atoms with E-state index < -0.39 is 24.5 Å². The molecule has 9 heteroatoms. The number of ether oxygens (including phenoxy) is 1. The molecule has 9 nitrogen and oxygen atoms in total. The number of carbonyl (C=O) groups excluding carboxylic acids is 3. The van der Waals surface area contributed by atoms with Crippen molar-refractivity contribution in [2.24, 2.45) is 0 Å². The molecule has 1 heterocycles. The van der Waals surface area contributed by atoms with Crippen LogP contribution in [0.4, 0.5) is 4.79 Å². The molecule has 2 aromatic rings. The molecule has 2 N–H and O–H groups in total. The highest BCUT2D eigenvalue weighted by atomic mass is 16.5. The zero-order chi connectivity index (χ0) is 18.4. The standard InChI is InChI=1S/C16H19N5O4/c1-10(2)17-16(24)18-13(22)9-25-15(23)14-11(3)19-21(20-14)12-7-5-4-6-8-12/h4-8,10H,9H2,1-3H3,(H2,17,18,22,24). The van der Waals surface area contributed by atoms with Crippen LogP contribution >= 0.6 is 0 Å². The van der Waals surface area contributed by atoms with Crippen molar-refractivity contribution in [1.29, 1.82) is 0 Å². The highest BCUT2D eigenvalue weighted by molar-refractivity contribution is 5.96. The third-order valence-electron chi connectivity index (χ3n) is 2.97. The molecule has 0 fully saturated rings. The summed E-state index contributed by atoms with van der Waals surface area (Å²) in [7, 11) is 0. The van der Waals surface area contributed by atoms with Gasteiger partial charge in [-0.2, -0.15) is 9.90 Å². The minimum Gasteiger partial charge on any atom is -0.451 e. The number of urea groups is 1. The fourth-order valence-corrected chi connectivity index (χ4v) is 1.90. The lowest BCUT2D eigenvalue weighted by Crippen LogP contribution is -2.44. The molecule has 0 atom stereocenters. The van der Waals surface area contributed by atoms with Crippen molar-refractivity contribution in [2.45, 2.75) is 26.8 Å². The normalized spacial score (nSPS) is 10.4. The molecule has 1 aromatic carbocycles. The highest BCUT2D eigenvalue weighted by Gasteiger charge is 2.19. The molecule has 0 aliphatic heterocycles. The first-order valence-electron chi connectivity index (χ1n) is 7.63. The van der Waals surface area contributed by atoms with Crippen molar-refractivity contribution in [1.82, 2.24) is 25.6 Å². The van der Waals surface area contributed by atoms with Gasteiger partial charge < -0.3 is 10.1 Å². The first kappa shape index (κ1) is 18.1. The predicted octanol–water partition coefficient (Wildman–Crippen LogP) is 0.967. The van der Waals surface area contributed by atoms with Crippen molar-refractivity contribution in [2.75, 3.05) is 6.61 Å². The van der Waals surface area contributed by atoms with E-state index in [0.29, 0.717) is 11.4 Å². The van der Waals surface area contributed by atoms with Crippen LogP contribution in [0.3, 0.4) is 0 Å². The van der Waals surface area contributed by atoms with Crippen molar-refractivity contribution >= 4 is 17.9 Å². The Morgan fingerprint density at radius 2 is 1.84 bits per heavy atom. The number of carbonyl (C=O) groups is 3. The van der Waals surface area contributed by atoms with Gasteiger partial charge in [0.15, 0.2) is 12.3 Å². The van der Waals surface area contributed by atoms with Gasteiger partial charge in [0.25, 0.3) is 5.91 Å². The maximum atomic E-state index is 12.1. The molecule has 0 unspecified atom stereocenters. The summed E-state index contributed by atoms with van der Waals surface area (Å²) in [5.41, 5.74) is 1.06. The highest BCUT2D eigenvalue weighted by Crippen LogP contribution is 2.09. The van der Waals surface area contributed by atoms with Crippen molar-refractivity contribution in [3.8, 4) is 5.69 Å². The third kappa shape index (κ3) is 5.13. The molecule has 0 bridgehead atoms. The van der Waals surface area contributed by atoms with Crippen molar-refractivity contribution in [3.05, 3.63) is 41.7 Å². The molecule has 25 heavy (non-hydrogen) atoms. The summed E-state index contributed by atoms with van der Waals surface area (Å²) < 4.78 is 4.88. The van der Waals surface area contributed by atoms with Gasteiger partial charge in [0.05, 0.1) is 11.4 Å². The molecular weight excluding hydrogens is 326 g/mol. The maximum Gasteiger partial charge on any atom is 0.361 e. The first-order valence-corrected chi connectivity index (χ1v) is 7.63.